The van der Waals surface area contributed by atoms with E-state index in [9.17, 15) is 4.79 Å². The lowest BCUT2D eigenvalue weighted by Gasteiger charge is -2.46. The number of carbonyl (C=O) groups is 1. The second-order valence-electron chi connectivity index (χ2n) is 6.03. The van der Waals surface area contributed by atoms with Crippen LogP contribution in [0.3, 0.4) is 0 Å². The SMILES string of the molecule is CCCC/C(Cl)=C1\C(=O)N(Cc2ccccc2)C1C(C)C. The molecule has 1 aromatic rings. The number of carbonyl (C=O) groups excluding carboxylic acids is 1. The zero-order chi connectivity index (χ0) is 15.4. The lowest BCUT2D eigenvalue weighted by atomic mass is 9.84. The molecule has 114 valence electrons. The van der Waals surface area contributed by atoms with Gasteiger partial charge in [-0.05, 0) is 24.3 Å². The summed E-state index contributed by atoms with van der Waals surface area (Å²) in [5, 5.41) is 0.768. The lowest BCUT2D eigenvalue weighted by Crippen LogP contribution is -2.57. The number of unbranched alkanes of at least 4 members (excludes halogenated alkanes) is 1. The van der Waals surface area contributed by atoms with Crippen molar-refractivity contribution in [2.24, 2.45) is 5.92 Å². The number of benzene rings is 1. The highest BCUT2D eigenvalue weighted by molar-refractivity contribution is 6.32. The Hall–Kier alpha value is -1.28. The summed E-state index contributed by atoms with van der Waals surface area (Å²) in [7, 11) is 0. The van der Waals surface area contributed by atoms with Crippen LogP contribution in [0.2, 0.25) is 0 Å². The Morgan fingerprint density at radius 2 is 1.95 bits per heavy atom. The van der Waals surface area contributed by atoms with Crippen molar-refractivity contribution in [2.75, 3.05) is 0 Å². The summed E-state index contributed by atoms with van der Waals surface area (Å²) in [6.45, 7) is 7.11. The van der Waals surface area contributed by atoms with Gasteiger partial charge in [-0.15, -0.1) is 0 Å². The average Bonchev–Trinajstić information content (AvgIpc) is 2.48. The van der Waals surface area contributed by atoms with Crippen LogP contribution in [0.1, 0.15) is 45.6 Å². The van der Waals surface area contributed by atoms with Crippen molar-refractivity contribution in [3.63, 3.8) is 0 Å². The van der Waals surface area contributed by atoms with E-state index >= 15 is 0 Å². The highest BCUT2D eigenvalue weighted by Gasteiger charge is 2.44. The van der Waals surface area contributed by atoms with Gasteiger partial charge < -0.3 is 4.90 Å². The molecule has 1 fully saturated rings. The van der Waals surface area contributed by atoms with Gasteiger partial charge in [0.2, 0.25) is 0 Å². The van der Waals surface area contributed by atoms with E-state index in [1.54, 1.807) is 0 Å². The number of rotatable bonds is 6. The molecule has 0 N–H and O–H groups in total. The lowest BCUT2D eigenvalue weighted by molar-refractivity contribution is -0.139. The van der Waals surface area contributed by atoms with Crippen molar-refractivity contribution in [3.8, 4) is 0 Å². The third-order valence-electron chi connectivity index (χ3n) is 3.99. The Morgan fingerprint density at radius 1 is 1.29 bits per heavy atom. The number of nitrogens with zero attached hydrogens (tertiary/aromatic N) is 1. The van der Waals surface area contributed by atoms with Crippen molar-refractivity contribution in [1.82, 2.24) is 4.90 Å². The number of allylic oxidation sites excluding steroid dienone is 1. The van der Waals surface area contributed by atoms with Gasteiger partial charge in [-0.2, -0.15) is 0 Å². The molecule has 21 heavy (non-hydrogen) atoms. The van der Waals surface area contributed by atoms with Crippen LogP contribution in [-0.2, 0) is 11.3 Å². The average molecular weight is 306 g/mol. The fourth-order valence-electron chi connectivity index (χ4n) is 2.88. The van der Waals surface area contributed by atoms with Crippen LogP contribution in [0, 0.1) is 5.92 Å². The van der Waals surface area contributed by atoms with Crippen molar-refractivity contribution in [2.45, 2.75) is 52.6 Å². The van der Waals surface area contributed by atoms with Gasteiger partial charge in [-0.3, -0.25) is 4.79 Å². The Morgan fingerprint density at radius 3 is 2.52 bits per heavy atom. The molecular formula is C18H24ClNO. The minimum absolute atomic E-state index is 0.110. The molecule has 1 aromatic carbocycles. The number of hydrogen-bond donors (Lipinski definition) is 0. The Labute approximate surface area is 132 Å². The molecule has 0 aromatic heterocycles. The van der Waals surface area contributed by atoms with E-state index in [1.165, 1.54) is 5.56 Å². The maximum Gasteiger partial charge on any atom is 0.253 e. The van der Waals surface area contributed by atoms with Crippen LogP contribution in [0.5, 0.6) is 0 Å². The van der Waals surface area contributed by atoms with E-state index in [0.717, 1.165) is 29.9 Å². The minimum atomic E-state index is 0.110. The number of halogens is 1. The molecule has 0 bridgehead atoms. The number of hydrogen-bond acceptors (Lipinski definition) is 1. The first kappa shape index (κ1) is 16.1. The molecule has 1 amide bonds. The van der Waals surface area contributed by atoms with Gasteiger partial charge in [-0.25, -0.2) is 0 Å². The number of amides is 1. The third-order valence-corrected chi connectivity index (χ3v) is 4.38. The van der Waals surface area contributed by atoms with Crippen LogP contribution in [0.15, 0.2) is 40.9 Å². The molecule has 1 heterocycles. The van der Waals surface area contributed by atoms with Gasteiger partial charge in [0.05, 0.1) is 11.6 Å². The van der Waals surface area contributed by atoms with Crippen LogP contribution in [0.4, 0.5) is 0 Å². The predicted molar refractivity (Wildman–Crippen MR) is 88.0 cm³/mol. The van der Waals surface area contributed by atoms with Gasteiger partial charge in [0.25, 0.3) is 5.91 Å². The molecule has 1 aliphatic heterocycles. The first-order valence-electron chi connectivity index (χ1n) is 7.79. The highest BCUT2D eigenvalue weighted by atomic mass is 35.5. The normalized spacial score (nSPS) is 20.7. The highest BCUT2D eigenvalue weighted by Crippen LogP contribution is 2.37. The molecule has 1 saturated heterocycles. The predicted octanol–water partition coefficient (Wildman–Crippen LogP) is 4.74. The largest absolute Gasteiger partial charge is 0.327 e. The summed E-state index contributed by atoms with van der Waals surface area (Å²) in [6, 6.07) is 10.3. The maximum absolute atomic E-state index is 12.5. The fourth-order valence-corrected chi connectivity index (χ4v) is 3.21. The van der Waals surface area contributed by atoms with Crippen molar-refractivity contribution >= 4 is 17.5 Å². The molecule has 0 radical (unpaired) electrons. The smallest absolute Gasteiger partial charge is 0.253 e. The summed E-state index contributed by atoms with van der Waals surface area (Å²) >= 11 is 6.40. The number of β-lactam (4-membered cyclic amide) rings is 1. The van der Waals surface area contributed by atoms with Crippen LogP contribution < -0.4 is 0 Å². The van der Waals surface area contributed by atoms with Gasteiger partial charge in [0, 0.05) is 11.6 Å². The van der Waals surface area contributed by atoms with E-state index in [0.29, 0.717) is 12.5 Å². The van der Waals surface area contributed by atoms with Gasteiger partial charge >= 0.3 is 0 Å². The van der Waals surface area contributed by atoms with Crippen molar-refractivity contribution in [3.05, 3.63) is 46.5 Å². The van der Waals surface area contributed by atoms with Crippen molar-refractivity contribution in [1.29, 1.82) is 0 Å². The van der Waals surface area contributed by atoms with Gasteiger partial charge in [0.15, 0.2) is 0 Å². The molecule has 2 nitrogen and oxygen atoms in total. The first-order chi connectivity index (χ1) is 10.1. The molecule has 1 aliphatic rings. The van der Waals surface area contributed by atoms with E-state index in [-0.39, 0.29) is 11.9 Å². The Balaban J connectivity index is 2.16. The topological polar surface area (TPSA) is 20.3 Å². The van der Waals surface area contributed by atoms with E-state index < -0.39 is 0 Å². The molecule has 0 spiro atoms. The molecule has 0 aliphatic carbocycles. The monoisotopic (exact) mass is 305 g/mol. The second kappa shape index (κ2) is 7.13. The first-order valence-corrected chi connectivity index (χ1v) is 8.17. The van der Waals surface area contributed by atoms with E-state index in [1.807, 2.05) is 23.1 Å². The van der Waals surface area contributed by atoms with E-state index in [4.69, 9.17) is 11.6 Å². The van der Waals surface area contributed by atoms with Gasteiger partial charge in [-0.1, -0.05) is 69.1 Å². The molecular weight excluding hydrogens is 282 g/mol. The standard InChI is InChI=1S/C18H24ClNO/c1-4-5-11-15(19)16-17(13(2)3)20(18(16)21)12-14-9-7-6-8-10-14/h6-10,13,17H,4-5,11-12H2,1-3H3/b16-15+. The summed E-state index contributed by atoms with van der Waals surface area (Å²) in [5.74, 6) is 0.496. The van der Waals surface area contributed by atoms with Crippen LogP contribution in [-0.4, -0.2) is 16.8 Å². The summed E-state index contributed by atoms with van der Waals surface area (Å²) in [4.78, 5) is 14.4. The molecule has 1 atom stereocenters. The maximum atomic E-state index is 12.5. The van der Waals surface area contributed by atoms with Crippen LogP contribution >= 0.6 is 11.6 Å². The molecule has 0 saturated carbocycles. The number of likely N-dealkylation sites (tertiary alicyclic amines) is 1. The molecule has 1 unspecified atom stereocenters. The summed E-state index contributed by atoms with van der Waals surface area (Å²) in [5.41, 5.74) is 2.01. The fraction of sp³-hybridized carbons (Fsp3) is 0.500. The third kappa shape index (κ3) is 3.49. The molecule has 2 rings (SSSR count). The summed E-state index contributed by atoms with van der Waals surface area (Å²) in [6.07, 6.45) is 2.96. The Bertz CT molecular complexity index is 521. The van der Waals surface area contributed by atoms with Gasteiger partial charge in [0.1, 0.15) is 0 Å². The molecule has 3 heteroatoms. The van der Waals surface area contributed by atoms with Crippen LogP contribution in [0.25, 0.3) is 0 Å². The zero-order valence-electron chi connectivity index (χ0n) is 13.1. The van der Waals surface area contributed by atoms with E-state index in [2.05, 4.69) is 32.9 Å². The second-order valence-corrected chi connectivity index (χ2v) is 6.49. The minimum Gasteiger partial charge on any atom is -0.327 e. The summed E-state index contributed by atoms with van der Waals surface area (Å²) < 4.78 is 0. The quantitative estimate of drug-likeness (QED) is 0.549. The van der Waals surface area contributed by atoms with Crippen molar-refractivity contribution < 1.29 is 4.79 Å². The Kier molecular flexibility index (Phi) is 5.46. The zero-order valence-corrected chi connectivity index (χ0v) is 13.9.